The molecule has 0 amide bonds. The van der Waals surface area contributed by atoms with Crippen molar-refractivity contribution in [2.24, 2.45) is 11.7 Å². The second-order valence-corrected chi connectivity index (χ2v) is 2.69. The van der Waals surface area contributed by atoms with E-state index in [-0.39, 0.29) is 11.8 Å². The zero-order valence-corrected chi connectivity index (χ0v) is 5.76. The number of carbonyl (C=O) groups is 1. The summed E-state index contributed by atoms with van der Waals surface area (Å²) in [6, 6.07) is -0.183. The molecule has 9 heavy (non-hydrogen) atoms. The maximum Gasteiger partial charge on any atom is 0.152 e. The molecule has 1 rings (SSSR count). The molecule has 0 bridgehead atoms. The predicted octanol–water partition coefficient (Wildman–Crippen LogP) is 0.703. The van der Waals surface area contributed by atoms with Crippen LogP contribution in [0, 0.1) is 5.92 Å². The Bertz CT molecular complexity index is 118. The van der Waals surface area contributed by atoms with Gasteiger partial charge in [-0.2, -0.15) is 0 Å². The molecule has 2 N–H and O–H groups in total. The van der Waals surface area contributed by atoms with E-state index in [1.165, 1.54) is 0 Å². The molecule has 0 aromatic rings. The molecule has 0 aromatic heterocycles. The van der Waals surface area contributed by atoms with Crippen molar-refractivity contribution in [3.05, 3.63) is 0 Å². The van der Waals surface area contributed by atoms with Gasteiger partial charge in [0, 0.05) is 5.92 Å². The Hall–Kier alpha value is -0.370. The van der Waals surface area contributed by atoms with E-state index in [1.807, 2.05) is 6.92 Å². The van der Waals surface area contributed by atoms with Gasteiger partial charge >= 0.3 is 0 Å². The van der Waals surface area contributed by atoms with E-state index in [9.17, 15) is 4.79 Å². The van der Waals surface area contributed by atoms with E-state index in [2.05, 4.69) is 0 Å². The van der Waals surface area contributed by atoms with Crippen LogP contribution in [0.25, 0.3) is 0 Å². The third kappa shape index (κ3) is 1.52. The molecule has 1 aliphatic rings. The van der Waals surface area contributed by atoms with E-state index in [1.54, 1.807) is 0 Å². The van der Waals surface area contributed by atoms with Gasteiger partial charge in [-0.05, 0) is 19.3 Å². The van der Waals surface area contributed by atoms with Crippen LogP contribution in [-0.2, 0) is 4.79 Å². The average molecular weight is 127 g/mol. The molecule has 2 heteroatoms. The molecule has 1 fully saturated rings. The molecule has 0 unspecified atom stereocenters. The van der Waals surface area contributed by atoms with E-state index in [0.29, 0.717) is 5.92 Å². The average Bonchev–Trinajstić information content (AvgIpc) is 2.66. The van der Waals surface area contributed by atoms with Crippen LogP contribution in [-0.4, -0.2) is 11.8 Å². The molecule has 0 heterocycles. The minimum atomic E-state index is -0.183. The number of carbonyl (C=O) groups excluding carboxylic acids is 1. The minimum Gasteiger partial charge on any atom is -0.322 e. The maximum atomic E-state index is 11.0. The molecule has 1 aliphatic carbocycles. The van der Waals surface area contributed by atoms with E-state index < -0.39 is 0 Å². The normalized spacial score (nSPS) is 21.6. The fourth-order valence-corrected chi connectivity index (χ4v) is 0.872. The molecular formula is C7H13NO. The Morgan fingerprint density at radius 3 is 2.67 bits per heavy atom. The topological polar surface area (TPSA) is 43.1 Å². The van der Waals surface area contributed by atoms with Gasteiger partial charge in [0.05, 0.1) is 6.04 Å². The van der Waals surface area contributed by atoms with Crippen LogP contribution < -0.4 is 5.73 Å². The molecule has 0 radical (unpaired) electrons. The van der Waals surface area contributed by atoms with Crippen molar-refractivity contribution in [1.82, 2.24) is 0 Å². The summed E-state index contributed by atoms with van der Waals surface area (Å²) in [7, 11) is 0. The van der Waals surface area contributed by atoms with Crippen molar-refractivity contribution in [2.75, 3.05) is 0 Å². The second-order valence-electron chi connectivity index (χ2n) is 2.69. The molecule has 0 aromatic carbocycles. The lowest BCUT2D eigenvalue weighted by Crippen LogP contribution is -2.30. The van der Waals surface area contributed by atoms with Gasteiger partial charge in [0.2, 0.25) is 0 Å². The SMILES string of the molecule is CC[C@@H](N)C(=O)C1CC1. The monoisotopic (exact) mass is 127 g/mol. The first-order chi connectivity index (χ1) is 4.25. The van der Waals surface area contributed by atoms with Gasteiger partial charge in [0.15, 0.2) is 5.78 Å². The Morgan fingerprint density at radius 1 is 1.78 bits per heavy atom. The van der Waals surface area contributed by atoms with Crippen molar-refractivity contribution in [3.8, 4) is 0 Å². The number of Topliss-reactive ketones (excluding diaryl/α,β-unsaturated/α-hetero) is 1. The highest BCUT2D eigenvalue weighted by Crippen LogP contribution is 2.30. The molecule has 2 nitrogen and oxygen atoms in total. The van der Waals surface area contributed by atoms with Crippen molar-refractivity contribution < 1.29 is 4.79 Å². The highest BCUT2D eigenvalue weighted by molar-refractivity contribution is 5.87. The lowest BCUT2D eigenvalue weighted by atomic mass is 10.1. The lowest BCUT2D eigenvalue weighted by Gasteiger charge is -2.03. The van der Waals surface area contributed by atoms with Gasteiger partial charge in [-0.15, -0.1) is 0 Å². The predicted molar refractivity (Wildman–Crippen MR) is 36.0 cm³/mol. The Balaban J connectivity index is 2.31. The van der Waals surface area contributed by atoms with E-state index in [4.69, 9.17) is 5.73 Å². The molecule has 1 saturated carbocycles. The minimum absolute atomic E-state index is 0.183. The molecule has 52 valence electrons. The van der Waals surface area contributed by atoms with Crippen LogP contribution in [0.2, 0.25) is 0 Å². The lowest BCUT2D eigenvalue weighted by molar-refractivity contribution is -0.121. The number of rotatable bonds is 3. The van der Waals surface area contributed by atoms with Crippen LogP contribution in [0.5, 0.6) is 0 Å². The van der Waals surface area contributed by atoms with Gasteiger partial charge in [-0.3, -0.25) is 4.79 Å². The number of nitrogens with two attached hydrogens (primary N) is 1. The summed E-state index contributed by atoms with van der Waals surface area (Å²) in [6.07, 6.45) is 2.94. The Labute approximate surface area is 55.4 Å². The van der Waals surface area contributed by atoms with Crippen LogP contribution in [0.3, 0.4) is 0 Å². The van der Waals surface area contributed by atoms with Crippen LogP contribution in [0.4, 0.5) is 0 Å². The fourth-order valence-electron chi connectivity index (χ4n) is 0.872. The summed E-state index contributed by atoms with van der Waals surface area (Å²) < 4.78 is 0. The molecule has 0 spiro atoms. The van der Waals surface area contributed by atoms with Crippen molar-refractivity contribution in [2.45, 2.75) is 32.2 Å². The zero-order valence-electron chi connectivity index (χ0n) is 5.76. The Kier molecular flexibility index (Phi) is 1.86. The number of ketones is 1. The second kappa shape index (κ2) is 2.48. The van der Waals surface area contributed by atoms with Crippen LogP contribution in [0.1, 0.15) is 26.2 Å². The summed E-state index contributed by atoms with van der Waals surface area (Å²) >= 11 is 0. The van der Waals surface area contributed by atoms with Crippen molar-refractivity contribution in [1.29, 1.82) is 0 Å². The first-order valence-corrected chi connectivity index (χ1v) is 3.55. The van der Waals surface area contributed by atoms with Gasteiger partial charge < -0.3 is 5.73 Å². The Morgan fingerprint density at radius 2 is 2.33 bits per heavy atom. The highest BCUT2D eigenvalue weighted by atomic mass is 16.1. The zero-order chi connectivity index (χ0) is 6.85. The summed E-state index contributed by atoms with van der Waals surface area (Å²) in [5.74, 6) is 0.609. The third-order valence-corrected chi connectivity index (χ3v) is 1.78. The largest absolute Gasteiger partial charge is 0.322 e. The summed E-state index contributed by atoms with van der Waals surface area (Å²) in [4.78, 5) is 11.0. The first-order valence-electron chi connectivity index (χ1n) is 3.55. The third-order valence-electron chi connectivity index (χ3n) is 1.78. The summed E-state index contributed by atoms with van der Waals surface area (Å²) in [5.41, 5.74) is 5.51. The summed E-state index contributed by atoms with van der Waals surface area (Å²) in [5, 5.41) is 0. The van der Waals surface area contributed by atoms with Crippen LogP contribution >= 0.6 is 0 Å². The smallest absolute Gasteiger partial charge is 0.152 e. The van der Waals surface area contributed by atoms with Crippen molar-refractivity contribution >= 4 is 5.78 Å². The standard InChI is InChI=1S/C7H13NO/c1-2-6(8)7(9)5-3-4-5/h5-6H,2-4,8H2,1H3/t6-/m1/s1. The van der Waals surface area contributed by atoms with E-state index in [0.717, 1.165) is 19.3 Å². The molecule has 0 saturated heterocycles. The van der Waals surface area contributed by atoms with Crippen LogP contribution in [0.15, 0.2) is 0 Å². The molecule has 1 atom stereocenters. The number of hydrogen-bond acceptors (Lipinski definition) is 2. The van der Waals surface area contributed by atoms with E-state index >= 15 is 0 Å². The number of hydrogen-bond donors (Lipinski definition) is 1. The molecule has 0 aliphatic heterocycles. The van der Waals surface area contributed by atoms with Gasteiger partial charge in [0.1, 0.15) is 0 Å². The first kappa shape index (κ1) is 6.75. The highest BCUT2D eigenvalue weighted by Gasteiger charge is 2.32. The fraction of sp³-hybridized carbons (Fsp3) is 0.857. The van der Waals surface area contributed by atoms with Gasteiger partial charge in [-0.1, -0.05) is 6.92 Å². The van der Waals surface area contributed by atoms with Crippen molar-refractivity contribution in [3.63, 3.8) is 0 Å². The van der Waals surface area contributed by atoms with Gasteiger partial charge in [0.25, 0.3) is 0 Å². The summed E-state index contributed by atoms with van der Waals surface area (Å²) in [6.45, 7) is 1.95. The van der Waals surface area contributed by atoms with Gasteiger partial charge in [-0.25, -0.2) is 0 Å². The quantitative estimate of drug-likeness (QED) is 0.606. The molecular weight excluding hydrogens is 114 g/mol. The maximum absolute atomic E-state index is 11.0.